The number of aromatic nitrogens is 4. The maximum atomic E-state index is 13.3. The Labute approximate surface area is 376 Å². The third-order valence-corrected chi connectivity index (χ3v) is 12.4. The van der Waals surface area contributed by atoms with Gasteiger partial charge in [-0.05, 0) is 49.1 Å². The second kappa shape index (κ2) is 20.8. The predicted octanol–water partition coefficient (Wildman–Crippen LogP) is 3.16. The first-order valence-electron chi connectivity index (χ1n) is 22.4. The average Bonchev–Trinajstić information content (AvgIpc) is 4.03. The number of carbonyl (C=O) groups excluding carboxylic acids is 6. The molecule has 0 bridgehead atoms. The molecule has 8 rings (SSSR count). The molecule has 6 heterocycles. The number of fused-ring (bicyclic) bond motifs is 2. The van der Waals surface area contributed by atoms with E-state index in [9.17, 15) is 28.8 Å². The van der Waals surface area contributed by atoms with E-state index in [2.05, 4.69) is 41.0 Å². The van der Waals surface area contributed by atoms with Crippen molar-refractivity contribution >= 4 is 63.8 Å². The SMILES string of the molecule is CN(C)C(=O)c1cc2cnc(Nc3ccc(N4CCN(CCOCCOCCOCCC(=O)Cc5cccc6c5C(=O)N(C5CCC(=O)NC5=O)C6=O)CC4)cn3)nc2n1C1CCCC1. The smallest absolute Gasteiger partial charge is 0.270 e. The largest absolute Gasteiger partial charge is 0.379 e. The molecule has 3 fully saturated rings. The Morgan fingerprint density at radius 3 is 2.29 bits per heavy atom. The van der Waals surface area contributed by atoms with Gasteiger partial charge in [-0.2, -0.15) is 4.98 Å². The van der Waals surface area contributed by atoms with E-state index in [1.165, 1.54) is 6.07 Å². The molecular formula is C46H56N10O9. The van der Waals surface area contributed by atoms with Crippen LogP contribution in [0.1, 0.15) is 87.8 Å². The normalized spacial score (nSPS) is 18.2. The number of hydrogen-bond donors (Lipinski definition) is 2. The number of ether oxygens (including phenoxy) is 3. The summed E-state index contributed by atoms with van der Waals surface area (Å²) in [6, 6.07) is 9.82. The van der Waals surface area contributed by atoms with Crippen molar-refractivity contribution in [2.24, 2.45) is 0 Å². The number of imide groups is 2. The molecule has 65 heavy (non-hydrogen) atoms. The number of anilines is 3. The number of piperazine rings is 1. The number of Topliss-reactive ketones (excluding diaryl/α,β-unsaturated/α-hetero) is 1. The molecule has 4 aliphatic rings. The highest BCUT2D eigenvalue weighted by Crippen LogP contribution is 2.35. The van der Waals surface area contributed by atoms with Crippen molar-refractivity contribution in [3.05, 3.63) is 71.2 Å². The Balaban J connectivity index is 0.678. The highest BCUT2D eigenvalue weighted by Gasteiger charge is 2.45. The number of piperidine rings is 1. The van der Waals surface area contributed by atoms with E-state index in [1.54, 1.807) is 37.3 Å². The maximum absolute atomic E-state index is 13.3. The molecule has 1 unspecified atom stereocenters. The van der Waals surface area contributed by atoms with Gasteiger partial charge < -0.3 is 33.9 Å². The summed E-state index contributed by atoms with van der Waals surface area (Å²) in [5, 5.41) is 6.28. The van der Waals surface area contributed by atoms with Gasteiger partial charge in [0.25, 0.3) is 17.7 Å². The summed E-state index contributed by atoms with van der Waals surface area (Å²) >= 11 is 0. The number of pyridine rings is 1. The van der Waals surface area contributed by atoms with E-state index in [4.69, 9.17) is 19.2 Å². The monoisotopic (exact) mass is 892 g/mol. The number of hydrogen-bond acceptors (Lipinski definition) is 15. The van der Waals surface area contributed by atoms with Gasteiger partial charge in [0.1, 0.15) is 29.0 Å². The first kappa shape index (κ1) is 45.4. The van der Waals surface area contributed by atoms with Crippen molar-refractivity contribution in [3.8, 4) is 0 Å². The van der Waals surface area contributed by atoms with E-state index < -0.39 is 29.7 Å². The number of benzene rings is 1. The molecule has 3 aromatic heterocycles. The molecule has 0 spiro atoms. The Morgan fingerprint density at radius 2 is 1.58 bits per heavy atom. The molecule has 344 valence electrons. The molecule has 4 aromatic rings. The standard InChI is InChI=1S/C46H56N10O9/c1-52(2)44(61)37-27-31-28-48-46(51-41(31)55(37)32-7-3-4-8-32)49-38-12-10-33(29-47-38)54-17-15-53(16-18-54)19-21-64-23-25-65-24-22-63-20-14-34(57)26-30-6-5-9-35-40(30)45(62)56(43(35)60)36-11-13-39(58)50-42(36)59/h5-6,9-10,12,27-29,32,36H,3-4,7-8,11,13-26H2,1-2H3,(H,50,58,59)(H,47,48,49,51). The minimum absolute atomic E-state index is 0.0312. The third-order valence-electron chi connectivity index (χ3n) is 12.4. The molecule has 1 aliphatic carbocycles. The summed E-state index contributed by atoms with van der Waals surface area (Å²) in [6.07, 6.45) is 8.13. The van der Waals surface area contributed by atoms with Crippen LogP contribution in [0.4, 0.5) is 17.5 Å². The van der Waals surface area contributed by atoms with Gasteiger partial charge in [-0.3, -0.25) is 43.9 Å². The van der Waals surface area contributed by atoms with Crippen molar-refractivity contribution in [1.29, 1.82) is 0 Å². The molecule has 2 saturated heterocycles. The highest BCUT2D eigenvalue weighted by molar-refractivity contribution is 6.24. The van der Waals surface area contributed by atoms with Gasteiger partial charge in [-0.15, -0.1) is 0 Å². The lowest BCUT2D eigenvalue weighted by Crippen LogP contribution is -2.54. The molecule has 1 saturated carbocycles. The first-order chi connectivity index (χ1) is 31.5. The van der Waals surface area contributed by atoms with Crippen LogP contribution in [-0.4, -0.2) is 162 Å². The van der Waals surface area contributed by atoms with Crippen LogP contribution >= 0.6 is 0 Å². The van der Waals surface area contributed by atoms with Crippen molar-refractivity contribution in [1.82, 2.24) is 39.5 Å². The van der Waals surface area contributed by atoms with E-state index in [-0.39, 0.29) is 61.1 Å². The van der Waals surface area contributed by atoms with E-state index >= 15 is 0 Å². The zero-order valence-electron chi connectivity index (χ0n) is 37.0. The van der Waals surface area contributed by atoms with E-state index in [0.29, 0.717) is 56.1 Å². The van der Waals surface area contributed by atoms with Crippen LogP contribution in [0.2, 0.25) is 0 Å². The summed E-state index contributed by atoms with van der Waals surface area (Å²) < 4.78 is 19.1. The number of amides is 5. The predicted molar refractivity (Wildman–Crippen MR) is 238 cm³/mol. The number of ketones is 1. The lowest BCUT2D eigenvalue weighted by molar-refractivity contribution is -0.136. The lowest BCUT2D eigenvalue weighted by atomic mass is 9.98. The van der Waals surface area contributed by atoms with Crippen LogP contribution in [-0.2, 0) is 35.0 Å². The average molecular weight is 893 g/mol. The van der Waals surface area contributed by atoms with Crippen molar-refractivity contribution in [3.63, 3.8) is 0 Å². The Hall–Kier alpha value is -6.15. The topological polar surface area (TPSA) is 211 Å². The van der Waals surface area contributed by atoms with E-state index in [1.807, 2.05) is 18.3 Å². The summed E-state index contributed by atoms with van der Waals surface area (Å²) in [6.45, 7) is 6.68. The fourth-order valence-corrected chi connectivity index (χ4v) is 8.94. The Bertz CT molecular complexity index is 2410. The number of rotatable bonds is 20. The van der Waals surface area contributed by atoms with Gasteiger partial charge in [0.05, 0.1) is 62.7 Å². The highest BCUT2D eigenvalue weighted by atomic mass is 16.5. The molecule has 19 nitrogen and oxygen atoms in total. The fourth-order valence-electron chi connectivity index (χ4n) is 8.94. The maximum Gasteiger partial charge on any atom is 0.270 e. The van der Waals surface area contributed by atoms with Crippen LogP contribution in [0.5, 0.6) is 0 Å². The summed E-state index contributed by atoms with van der Waals surface area (Å²) in [4.78, 5) is 97.4. The number of nitrogens with one attached hydrogen (secondary N) is 2. The Morgan fingerprint density at radius 1 is 0.846 bits per heavy atom. The molecule has 3 aliphatic heterocycles. The molecule has 0 radical (unpaired) electrons. The lowest BCUT2D eigenvalue weighted by Gasteiger charge is -2.35. The summed E-state index contributed by atoms with van der Waals surface area (Å²) in [5.74, 6) is -1.47. The third kappa shape index (κ3) is 10.5. The van der Waals surface area contributed by atoms with Crippen LogP contribution in [0, 0.1) is 0 Å². The van der Waals surface area contributed by atoms with Gasteiger partial charge in [-0.1, -0.05) is 25.0 Å². The number of carbonyl (C=O) groups is 6. The van der Waals surface area contributed by atoms with Crippen molar-refractivity contribution < 1.29 is 43.0 Å². The zero-order valence-corrected chi connectivity index (χ0v) is 37.0. The summed E-state index contributed by atoms with van der Waals surface area (Å²) in [7, 11) is 3.54. The van der Waals surface area contributed by atoms with Gasteiger partial charge in [0, 0.05) is 83.7 Å². The molecule has 5 amide bonds. The quantitative estimate of drug-likeness (QED) is 0.0965. The van der Waals surface area contributed by atoms with Gasteiger partial charge in [0.2, 0.25) is 17.8 Å². The first-order valence-corrected chi connectivity index (χ1v) is 22.4. The Kier molecular flexibility index (Phi) is 14.5. The summed E-state index contributed by atoms with van der Waals surface area (Å²) in [5.41, 5.74) is 3.15. The molecule has 1 atom stereocenters. The molecule has 19 heteroatoms. The number of nitrogens with zero attached hydrogens (tertiary/aromatic N) is 8. The minimum Gasteiger partial charge on any atom is -0.379 e. The van der Waals surface area contributed by atoms with Crippen molar-refractivity contribution in [2.75, 3.05) is 96.7 Å². The van der Waals surface area contributed by atoms with Crippen LogP contribution in [0.25, 0.3) is 11.0 Å². The van der Waals surface area contributed by atoms with E-state index in [0.717, 1.165) is 80.0 Å². The molecule has 1 aromatic carbocycles. The minimum atomic E-state index is -1.07. The zero-order chi connectivity index (χ0) is 45.5. The van der Waals surface area contributed by atoms with Gasteiger partial charge in [0.15, 0.2) is 0 Å². The fraction of sp³-hybridized carbons (Fsp3) is 0.500. The van der Waals surface area contributed by atoms with Crippen molar-refractivity contribution in [2.45, 2.75) is 63.5 Å². The van der Waals surface area contributed by atoms with Crippen LogP contribution < -0.4 is 15.5 Å². The van der Waals surface area contributed by atoms with Gasteiger partial charge in [-0.25, -0.2) is 9.97 Å². The second-order valence-corrected chi connectivity index (χ2v) is 17.0. The molecular weight excluding hydrogens is 837 g/mol. The van der Waals surface area contributed by atoms with Crippen LogP contribution in [0.3, 0.4) is 0 Å². The van der Waals surface area contributed by atoms with Gasteiger partial charge >= 0.3 is 0 Å². The van der Waals surface area contributed by atoms with Crippen LogP contribution in [0.15, 0.2) is 48.8 Å². The molecule has 2 N–H and O–H groups in total. The second-order valence-electron chi connectivity index (χ2n) is 17.0.